The van der Waals surface area contributed by atoms with Crippen molar-refractivity contribution in [3.05, 3.63) is 71.8 Å². The molecule has 1 aliphatic heterocycles. The Balaban J connectivity index is 1.57. The van der Waals surface area contributed by atoms with Gasteiger partial charge in [0.05, 0.1) is 12.7 Å². The van der Waals surface area contributed by atoms with E-state index >= 15 is 0 Å². The highest BCUT2D eigenvalue weighted by Gasteiger charge is 2.75. The van der Waals surface area contributed by atoms with E-state index in [0.29, 0.717) is 17.5 Å². The quantitative estimate of drug-likeness (QED) is 0.484. The van der Waals surface area contributed by atoms with Gasteiger partial charge in [0.15, 0.2) is 0 Å². The summed E-state index contributed by atoms with van der Waals surface area (Å²) in [7, 11) is -6.31. The van der Waals surface area contributed by atoms with E-state index in [1.807, 2.05) is 0 Å². The van der Waals surface area contributed by atoms with Crippen molar-refractivity contribution >= 4 is 10.1 Å². The number of benzene rings is 2. The first-order chi connectivity index (χ1) is 15.4. The number of fused-ring (bicyclic) bond motifs is 3. The molecule has 0 amide bonds. The minimum absolute atomic E-state index is 0.0200. The lowest BCUT2D eigenvalue weighted by molar-refractivity contribution is -0.254. The largest absolute Gasteiger partial charge is 0.431 e. The maximum Gasteiger partial charge on any atom is 0.431 e. The van der Waals surface area contributed by atoms with Crippen LogP contribution in [0, 0.1) is 17.3 Å². The molecular formula is C23H22F4O5S. The molecule has 3 fully saturated rings. The molecule has 2 aromatic carbocycles. The second-order valence-corrected chi connectivity index (χ2v) is 10.8. The van der Waals surface area contributed by atoms with E-state index in [1.54, 1.807) is 60.7 Å². The van der Waals surface area contributed by atoms with Crippen LogP contribution in [-0.4, -0.2) is 36.9 Å². The first-order valence-corrected chi connectivity index (χ1v) is 12.0. The molecule has 10 heteroatoms. The van der Waals surface area contributed by atoms with E-state index in [-0.39, 0.29) is 19.4 Å². The van der Waals surface area contributed by atoms with E-state index in [1.165, 1.54) is 0 Å². The van der Waals surface area contributed by atoms with Crippen molar-refractivity contribution in [2.24, 2.45) is 17.3 Å². The monoisotopic (exact) mass is 486 g/mol. The number of rotatable bonds is 5. The summed E-state index contributed by atoms with van der Waals surface area (Å²) in [5, 5.41) is -5.61. The summed E-state index contributed by atoms with van der Waals surface area (Å²) >= 11 is 0. The van der Waals surface area contributed by atoms with Crippen LogP contribution in [0.25, 0.3) is 0 Å². The third kappa shape index (κ3) is 3.25. The summed E-state index contributed by atoms with van der Waals surface area (Å²) in [5.74, 6) is -9.41. The molecule has 1 saturated heterocycles. The van der Waals surface area contributed by atoms with Gasteiger partial charge in [0.25, 0.3) is 0 Å². The van der Waals surface area contributed by atoms with Crippen LogP contribution in [0.5, 0.6) is 0 Å². The van der Waals surface area contributed by atoms with Crippen LogP contribution in [0.1, 0.15) is 30.4 Å². The molecule has 33 heavy (non-hydrogen) atoms. The average molecular weight is 486 g/mol. The van der Waals surface area contributed by atoms with Crippen molar-refractivity contribution in [3.63, 3.8) is 0 Å². The van der Waals surface area contributed by atoms with Gasteiger partial charge in [0, 0.05) is 17.0 Å². The second kappa shape index (κ2) is 7.24. The lowest BCUT2D eigenvalue weighted by Gasteiger charge is -2.40. The zero-order valence-corrected chi connectivity index (χ0v) is 18.2. The molecule has 1 heterocycles. The van der Waals surface area contributed by atoms with E-state index in [0.717, 1.165) is 0 Å². The molecule has 0 radical (unpaired) electrons. The molecular weight excluding hydrogens is 464 g/mol. The number of hydrogen-bond acceptors (Lipinski definition) is 4. The Morgan fingerprint density at radius 3 is 1.94 bits per heavy atom. The normalized spacial score (nSPS) is 31.4. The fraction of sp³-hybridized carbons (Fsp3) is 0.478. The van der Waals surface area contributed by atoms with Gasteiger partial charge in [0.2, 0.25) is 5.79 Å². The number of alkyl halides is 4. The van der Waals surface area contributed by atoms with Crippen molar-refractivity contribution in [1.82, 2.24) is 0 Å². The minimum atomic E-state index is -6.31. The Bertz CT molecular complexity index is 1100. The van der Waals surface area contributed by atoms with Crippen LogP contribution < -0.4 is 0 Å². The lowest BCUT2D eigenvalue weighted by Crippen LogP contribution is -2.54. The molecule has 3 bridgehead atoms. The van der Waals surface area contributed by atoms with Crippen molar-refractivity contribution in [1.29, 1.82) is 0 Å². The highest BCUT2D eigenvalue weighted by atomic mass is 32.2. The van der Waals surface area contributed by atoms with Crippen molar-refractivity contribution < 1.29 is 40.0 Å². The highest BCUT2D eigenvalue weighted by Crippen LogP contribution is 2.66. The Kier molecular flexibility index (Phi) is 5.00. The molecule has 3 aliphatic rings. The van der Waals surface area contributed by atoms with E-state index in [2.05, 4.69) is 0 Å². The Morgan fingerprint density at radius 2 is 1.42 bits per heavy atom. The van der Waals surface area contributed by atoms with Gasteiger partial charge in [-0.15, -0.1) is 0 Å². The van der Waals surface area contributed by atoms with Gasteiger partial charge in [-0.2, -0.15) is 26.0 Å². The number of halogens is 4. The molecule has 4 unspecified atom stereocenters. The molecule has 0 aromatic heterocycles. The SMILES string of the molecule is O=S(=O)(O)C(F)(F)C(F)(F)C1CC23COC(c4ccccc4)(c4ccccc4)OC(C2)C1C3. The van der Waals surface area contributed by atoms with Crippen LogP contribution in [-0.2, 0) is 25.4 Å². The van der Waals surface area contributed by atoms with Gasteiger partial charge in [-0.25, -0.2) is 0 Å². The van der Waals surface area contributed by atoms with Crippen LogP contribution in [0.15, 0.2) is 60.7 Å². The third-order valence-corrected chi connectivity index (χ3v) is 8.25. The van der Waals surface area contributed by atoms with Crippen molar-refractivity contribution in [2.45, 2.75) is 42.3 Å². The molecule has 1 spiro atoms. The van der Waals surface area contributed by atoms with E-state index in [9.17, 15) is 26.0 Å². The van der Waals surface area contributed by atoms with Crippen molar-refractivity contribution in [2.75, 3.05) is 6.61 Å². The molecule has 2 aliphatic carbocycles. The summed E-state index contributed by atoms with van der Waals surface area (Å²) in [6.07, 6.45) is -0.730. The first-order valence-electron chi connectivity index (χ1n) is 10.6. The van der Waals surface area contributed by atoms with E-state index in [4.69, 9.17) is 14.0 Å². The summed E-state index contributed by atoms with van der Waals surface area (Å²) in [4.78, 5) is 0. The van der Waals surface area contributed by atoms with Crippen LogP contribution in [0.2, 0.25) is 0 Å². The zero-order valence-electron chi connectivity index (χ0n) is 17.3. The molecule has 2 saturated carbocycles. The maximum absolute atomic E-state index is 14.9. The standard InChI is InChI=1S/C23H22F4O5S/c24-22(25,23(26,27)33(28,29)30)18-12-20-11-17(18)19(13-20)32-21(31-14-20,15-7-3-1-4-8-15)16-9-5-2-6-10-16/h1-10,17-19H,11-14H2,(H,28,29,30). The predicted molar refractivity (Wildman–Crippen MR) is 109 cm³/mol. The summed E-state index contributed by atoms with van der Waals surface area (Å²) in [6.45, 7) is -0.0200. The molecule has 178 valence electrons. The van der Waals surface area contributed by atoms with Gasteiger partial charge in [-0.05, 0) is 30.6 Å². The fourth-order valence-electron chi connectivity index (χ4n) is 5.86. The minimum Gasteiger partial charge on any atom is -0.342 e. The Morgan fingerprint density at radius 1 is 0.879 bits per heavy atom. The topological polar surface area (TPSA) is 72.8 Å². The Hall–Kier alpha value is -2.01. The van der Waals surface area contributed by atoms with Gasteiger partial charge in [0.1, 0.15) is 0 Å². The summed E-state index contributed by atoms with van der Waals surface area (Å²) in [5.41, 5.74) is 0.404. The van der Waals surface area contributed by atoms with Gasteiger partial charge < -0.3 is 9.47 Å². The first kappa shape index (κ1) is 22.8. The van der Waals surface area contributed by atoms with Crippen molar-refractivity contribution in [3.8, 4) is 0 Å². The van der Waals surface area contributed by atoms with Gasteiger partial charge in [-0.1, -0.05) is 60.7 Å². The third-order valence-electron chi connectivity index (χ3n) is 7.33. The lowest BCUT2D eigenvalue weighted by atomic mass is 9.76. The molecule has 5 nitrogen and oxygen atoms in total. The molecule has 5 rings (SSSR count). The Labute approximate surface area is 188 Å². The van der Waals surface area contributed by atoms with Gasteiger partial charge >= 0.3 is 21.3 Å². The van der Waals surface area contributed by atoms with Crippen LogP contribution >= 0.6 is 0 Å². The van der Waals surface area contributed by atoms with Crippen LogP contribution in [0.3, 0.4) is 0 Å². The number of ether oxygens (including phenoxy) is 2. The van der Waals surface area contributed by atoms with Gasteiger partial charge in [-0.3, -0.25) is 4.55 Å². The number of hydrogen-bond donors (Lipinski definition) is 1. The van der Waals surface area contributed by atoms with E-state index < -0.39 is 50.4 Å². The fourth-order valence-corrected chi connectivity index (χ4v) is 6.35. The molecule has 1 N–H and O–H groups in total. The zero-order chi connectivity index (χ0) is 23.7. The summed E-state index contributed by atoms with van der Waals surface area (Å²) < 4.78 is 102. The average Bonchev–Trinajstić information content (AvgIpc) is 3.28. The summed E-state index contributed by atoms with van der Waals surface area (Å²) in [6, 6.07) is 17.9. The molecule has 4 atom stereocenters. The smallest absolute Gasteiger partial charge is 0.342 e. The highest BCUT2D eigenvalue weighted by molar-refractivity contribution is 7.87. The van der Waals surface area contributed by atoms with Crippen LogP contribution in [0.4, 0.5) is 17.6 Å². The predicted octanol–water partition coefficient (Wildman–Crippen LogP) is 4.84. The second-order valence-electron chi connectivity index (χ2n) is 9.29. The molecule has 2 aromatic rings. The maximum atomic E-state index is 14.9.